The summed E-state index contributed by atoms with van der Waals surface area (Å²) in [5, 5.41) is 12.7. The predicted molar refractivity (Wildman–Crippen MR) is 177 cm³/mol. The number of rotatable bonds is 7. The Kier molecular flexibility index (Phi) is 8.05. The molecule has 1 amide bonds. The first-order chi connectivity index (χ1) is 22.1. The molecular weight excluding hydrogens is 609 g/mol. The van der Waals surface area contributed by atoms with Crippen molar-refractivity contribution in [3.8, 4) is 22.9 Å². The summed E-state index contributed by atoms with van der Waals surface area (Å²) in [7, 11) is 0. The van der Waals surface area contributed by atoms with E-state index in [0.717, 1.165) is 49.7 Å². The molecule has 3 aliphatic rings. The van der Waals surface area contributed by atoms with Gasteiger partial charge >= 0.3 is 12.1 Å². The maximum atomic E-state index is 16.8. The molecule has 1 N–H and O–H groups in total. The number of carbonyl (C=O) groups excluding carboxylic acids is 1. The minimum Gasteiger partial charge on any atom is -0.508 e. The van der Waals surface area contributed by atoms with E-state index in [-0.39, 0.29) is 46.0 Å². The van der Waals surface area contributed by atoms with Gasteiger partial charge in [0.1, 0.15) is 22.7 Å². The summed E-state index contributed by atoms with van der Waals surface area (Å²) in [5.41, 5.74) is 0.132. The van der Waals surface area contributed by atoms with Gasteiger partial charge in [-0.1, -0.05) is 35.9 Å². The van der Waals surface area contributed by atoms with Gasteiger partial charge in [0, 0.05) is 30.6 Å². The number of ether oxygens (including phenoxy) is 2. The molecule has 2 atom stereocenters. The maximum absolute atomic E-state index is 16.8. The van der Waals surface area contributed by atoms with E-state index in [9.17, 15) is 9.90 Å². The van der Waals surface area contributed by atoms with Crippen LogP contribution in [0, 0.1) is 5.82 Å². The third kappa shape index (κ3) is 5.88. The first-order valence-electron chi connectivity index (χ1n) is 16.1. The number of phenolic OH excluding ortho intramolecular Hbond substituents is 1. The number of hydrogen-bond donors (Lipinski definition) is 1. The molecule has 0 unspecified atom stereocenters. The number of benzene rings is 3. The Hall–Kier alpha value is -3.89. The number of aromatic hydroxyl groups is 1. The van der Waals surface area contributed by atoms with Gasteiger partial charge in [0.25, 0.3) is 0 Å². The van der Waals surface area contributed by atoms with Gasteiger partial charge in [0.05, 0.1) is 23.7 Å². The molecule has 4 heterocycles. The third-order valence-corrected chi connectivity index (χ3v) is 9.44. The van der Waals surface area contributed by atoms with Crippen molar-refractivity contribution in [2.45, 2.75) is 64.1 Å². The highest BCUT2D eigenvalue weighted by atomic mass is 35.5. The van der Waals surface area contributed by atoms with E-state index in [0.29, 0.717) is 36.5 Å². The lowest BCUT2D eigenvalue weighted by atomic mass is 9.96. The molecule has 9 nitrogen and oxygen atoms in total. The number of likely N-dealkylation sites (tertiary alicyclic amines) is 1. The second-order valence-electron chi connectivity index (χ2n) is 13.6. The lowest BCUT2D eigenvalue weighted by Crippen LogP contribution is -2.57. The fourth-order valence-corrected chi connectivity index (χ4v) is 7.25. The quantitative estimate of drug-likeness (QED) is 0.214. The standard InChI is InChI=1S/C35H39ClFN5O4/c1-35(2,3)46-34(44)42-22-10-11-23(42)20-41(19-22)32-27-18-28(36)29(26-17-24(43)16-21-8-4-5-9-25(21)26)30(37)31(27)38-33(39-32)45-15-7-14-40-12-6-13-40/h4-5,8-9,16-18,22-23,43H,6-7,10-15,19-20H2,1-3H3/t22-,23+. The van der Waals surface area contributed by atoms with Gasteiger partial charge in [-0.2, -0.15) is 9.97 Å². The number of nitrogens with zero attached hydrogens (tertiary/aromatic N) is 5. The Labute approximate surface area is 272 Å². The molecule has 11 heteroatoms. The molecule has 0 radical (unpaired) electrons. The Morgan fingerprint density at radius 1 is 1.07 bits per heavy atom. The van der Waals surface area contributed by atoms with Gasteiger partial charge in [-0.3, -0.25) is 4.90 Å². The zero-order valence-electron chi connectivity index (χ0n) is 26.4. The van der Waals surface area contributed by atoms with E-state index >= 15 is 4.39 Å². The van der Waals surface area contributed by atoms with E-state index in [2.05, 4.69) is 14.8 Å². The first kappa shape index (κ1) is 30.7. The lowest BCUT2D eigenvalue weighted by molar-refractivity contribution is 0.0122. The Bertz CT molecular complexity index is 1800. The molecule has 0 spiro atoms. The monoisotopic (exact) mass is 647 g/mol. The van der Waals surface area contributed by atoms with Crippen LogP contribution in [-0.4, -0.2) is 88.0 Å². The molecule has 2 bridgehead atoms. The highest BCUT2D eigenvalue weighted by Gasteiger charge is 2.45. The topological polar surface area (TPSA) is 91.3 Å². The highest BCUT2D eigenvalue weighted by Crippen LogP contribution is 2.43. The molecule has 3 saturated heterocycles. The summed E-state index contributed by atoms with van der Waals surface area (Å²) in [5.74, 6) is -0.0727. The Morgan fingerprint density at radius 3 is 2.50 bits per heavy atom. The molecule has 242 valence electrons. The van der Waals surface area contributed by atoms with Crippen LogP contribution in [0.4, 0.5) is 15.0 Å². The number of fused-ring (bicyclic) bond motifs is 4. The predicted octanol–water partition coefficient (Wildman–Crippen LogP) is 7.01. The van der Waals surface area contributed by atoms with E-state index in [4.69, 9.17) is 26.1 Å². The molecule has 7 rings (SSSR count). The molecule has 3 aliphatic heterocycles. The van der Waals surface area contributed by atoms with Crippen molar-refractivity contribution in [1.29, 1.82) is 0 Å². The van der Waals surface area contributed by atoms with Crippen LogP contribution in [0.5, 0.6) is 11.8 Å². The van der Waals surface area contributed by atoms with Crippen LogP contribution in [-0.2, 0) is 4.74 Å². The number of amides is 1. The second-order valence-corrected chi connectivity index (χ2v) is 14.0. The minimum atomic E-state index is -0.609. The van der Waals surface area contributed by atoms with Gasteiger partial charge in [0.15, 0.2) is 5.82 Å². The van der Waals surface area contributed by atoms with Crippen molar-refractivity contribution in [2.75, 3.05) is 44.2 Å². The number of phenols is 1. The van der Waals surface area contributed by atoms with Crippen molar-refractivity contribution in [2.24, 2.45) is 0 Å². The normalized spacial score (nSPS) is 19.9. The van der Waals surface area contributed by atoms with Crippen molar-refractivity contribution in [1.82, 2.24) is 19.8 Å². The van der Waals surface area contributed by atoms with Crippen molar-refractivity contribution >= 4 is 45.2 Å². The molecule has 0 aliphatic carbocycles. The van der Waals surface area contributed by atoms with Crippen LogP contribution in [0.1, 0.15) is 46.5 Å². The lowest BCUT2D eigenvalue weighted by Gasteiger charge is -2.42. The molecular formula is C35H39ClFN5O4. The van der Waals surface area contributed by atoms with Gasteiger partial charge in [0.2, 0.25) is 0 Å². The number of hydrogen-bond acceptors (Lipinski definition) is 8. The summed E-state index contributed by atoms with van der Waals surface area (Å²) < 4.78 is 28.6. The van der Waals surface area contributed by atoms with Crippen molar-refractivity contribution < 1.29 is 23.8 Å². The average molecular weight is 648 g/mol. The molecule has 4 aromatic rings. The number of anilines is 1. The Balaban J connectivity index is 1.28. The smallest absolute Gasteiger partial charge is 0.410 e. The van der Waals surface area contributed by atoms with E-state index in [1.807, 2.05) is 49.9 Å². The van der Waals surface area contributed by atoms with Gasteiger partial charge in [-0.05, 0) is 94.1 Å². The maximum Gasteiger partial charge on any atom is 0.410 e. The first-order valence-corrected chi connectivity index (χ1v) is 16.5. The summed E-state index contributed by atoms with van der Waals surface area (Å²) in [6.45, 7) is 10.2. The van der Waals surface area contributed by atoms with Crippen molar-refractivity contribution in [3.63, 3.8) is 0 Å². The van der Waals surface area contributed by atoms with Crippen LogP contribution >= 0.6 is 11.6 Å². The molecule has 0 saturated carbocycles. The fourth-order valence-electron chi connectivity index (χ4n) is 6.96. The zero-order chi connectivity index (χ0) is 32.2. The van der Waals surface area contributed by atoms with Gasteiger partial charge in [-0.15, -0.1) is 0 Å². The molecule has 46 heavy (non-hydrogen) atoms. The van der Waals surface area contributed by atoms with E-state index in [1.54, 1.807) is 12.1 Å². The van der Waals surface area contributed by atoms with Gasteiger partial charge < -0.3 is 24.4 Å². The number of carbonyl (C=O) groups is 1. The third-order valence-electron chi connectivity index (χ3n) is 9.14. The molecule has 3 aromatic carbocycles. The minimum absolute atomic E-state index is 0.0113. The average Bonchev–Trinajstić information content (AvgIpc) is 3.24. The largest absolute Gasteiger partial charge is 0.508 e. The number of halogens is 2. The zero-order valence-corrected chi connectivity index (χ0v) is 27.2. The second kappa shape index (κ2) is 12.0. The van der Waals surface area contributed by atoms with Crippen LogP contribution in [0.25, 0.3) is 32.8 Å². The van der Waals surface area contributed by atoms with Crippen LogP contribution < -0.4 is 9.64 Å². The van der Waals surface area contributed by atoms with Crippen LogP contribution in [0.2, 0.25) is 5.02 Å². The number of aromatic nitrogens is 2. The number of piperazine rings is 1. The molecule has 3 fully saturated rings. The molecule has 1 aromatic heterocycles. The fraction of sp³-hybridized carbons (Fsp3) is 0.457. The SMILES string of the molecule is CC(C)(C)OC(=O)N1[C@@H]2CC[C@H]1CN(c1nc(OCCCN3CCC3)nc3c(F)c(-c4cc(O)cc5ccccc45)c(Cl)cc13)C2. The highest BCUT2D eigenvalue weighted by molar-refractivity contribution is 6.35. The van der Waals surface area contributed by atoms with Crippen molar-refractivity contribution in [3.05, 3.63) is 53.3 Å². The summed E-state index contributed by atoms with van der Waals surface area (Å²) in [4.78, 5) is 28.9. The van der Waals surface area contributed by atoms with Crippen LogP contribution in [0.3, 0.4) is 0 Å². The summed E-state index contributed by atoms with van der Waals surface area (Å²) in [6.07, 6.45) is 3.40. The summed E-state index contributed by atoms with van der Waals surface area (Å²) in [6, 6.07) is 12.3. The van der Waals surface area contributed by atoms with Gasteiger partial charge in [-0.25, -0.2) is 9.18 Å². The van der Waals surface area contributed by atoms with E-state index in [1.165, 1.54) is 12.5 Å². The van der Waals surface area contributed by atoms with Crippen LogP contribution in [0.15, 0.2) is 42.5 Å². The summed E-state index contributed by atoms with van der Waals surface area (Å²) >= 11 is 6.89. The van der Waals surface area contributed by atoms with E-state index < -0.39 is 11.4 Å². The Morgan fingerprint density at radius 2 is 1.80 bits per heavy atom.